The molecule has 0 aliphatic carbocycles. The molecule has 0 radical (unpaired) electrons. The number of rotatable bonds is 56. The first-order chi connectivity index (χ1) is 36.8. The summed E-state index contributed by atoms with van der Waals surface area (Å²) >= 11 is 0. The van der Waals surface area contributed by atoms with E-state index >= 15 is 0 Å². The third-order valence-corrected chi connectivity index (χ3v) is 15.4. The van der Waals surface area contributed by atoms with Crippen molar-refractivity contribution in [1.29, 1.82) is 0 Å². The van der Waals surface area contributed by atoms with Crippen molar-refractivity contribution in [3.63, 3.8) is 0 Å². The number of hydrogen-bond acceptors (Lipinski definition) is 8. The maximum Gasteiger partial charge on any atom is 0.220 e. The van der Waals surface area contributed by atoms with Crippen molar-refractivity contribution in [3.05, 3.63) is 48.6 Å². The molecule has 7 unspecified atom stereocenters. The molecule has 0 aromatic heterocycles. The highest BCUT2D eigenvalue weighted by Crippen LogP contribution is 2.23. The molecule has 1 aliphatic rings. The Kier molecular flexibility index (Phi) is 52.6. The lowest BCUT2D eigenvalue weighted by Crippen LogP contribution is -2.60. The van der Waals surface area contributed by atoms with Gasteiger partial charge in [-0.15, -0.1) is 0 Å². The van der Waals surface area contributed by atoms with Crippen LogP contribution in [-0.2, 0) is 14.3 Å². The number of carbonyl (C=O) groups excluding carboxylic acids is 1. The minimum Gasteiger partial charge on any atom is -0.394 e. The van der Waals surface area contributed by atoms with Crippen LogP contribution in [0, 0.1) is 0 Å². The molecule has 7 atom stereocenters. The smallest absolute Gasteiger partial charge is 0.220 e. The average molecular weight is 1060 g/mol. The Morgan fingerprint density at radius 2 is 0.800 bits per heavy atom. The second kappa shape index (κ2) is 55.5. The summed E-state index contributed by atoms with van der Waals surface area (Å²) in [7, 11) is 0. The lowest BCUT2D eigenvalue weighted by atomic mass is 9.99. The molecule has 440 valence electrons. The van der Waals surface area contributed by atoms with Crippen LogP contribution in [0.4, 0.5) is 0 Å². The van der Waals surface area contributed by atoms with Gasteiger partial charge in [0.2, 0.25) is 5.91 Å². The van der Waals surface area contributed by atoms with Gasteiger partial charge in [-0.3, -0.25) is 4.79 Å². The fourth-order valence-electron chi connectivity index (χ4n) is 10.3. The molecule has 0 bridgehead atoms. The Bertz CT molecular complexity index is 1320. The molecular formula is C66H123NO8. The Morgan fingerprint density at radius 1 is 0.453 bits per heavy atom. The van der Waals surface area contributed by atoms with E-state index in [0.29, 0.717) is 6.42 Å². The van der Waals surface area contributed by atoms with Crippen LogP contribution in [0.25, 0.3) is 0 Å². The van der Waals surface area contributed by atoms with Gasteiger partial charge in [0.1, 0.15) is 24.4 Å². The zero-order valence-corrected chi connectivity index (χ0v) is 49.1. The van der Waals surface area contributed by atoms with E-state index in [4.69, 9.17) is 9.47 Å². The van der Waals surface area contributed by atoms with E-state index in [0.717, 1.165) is 51.4 Å². The summed E-state index contributed by atoms with van der Waals surface area (Å²) < 4.78 is 11.3. The lowest BCUT2D eigenvalue weighted by Gasteiger charge is -2.40. The molecular weight excluding hydrogens is 935 g/mol. The van der Waals surface area contributed by atoms with E-state index in [1.807, 2.05) is 6.08 Å². The van der Waals surface area contributed by atoms with E-state index in [-0.39, 0.29) is 12.5 Å². The number of aliphatic hydroxyl groups is 5. The molecule has 75 heavy (non-hydrogen) atoms. The molecule has 0 spiro atoms. The van der Waals surface area contributed by atoms with Crippen LogP contribution in [0.1, 0.15) is 309 Å². The summed E-state index contributed by atoms with van der Waals surface area (Å²) in [6.07, 6.45) is 67.8. The van der Waals surface area contributed by atoms with E-state index in [1.165, 1.54) is 238 Å². The fraction of sp³-hybridized carbons (Fsp3) is 0.864. The van der Waals surface area contributed by atoms with E-state index < -0.39 is 49.5 Å². The number of allylic oxidation sites excluding steroid dienone is 7. The number of hydrogen-bond donors (Lipinski definition) is 6. The first-order valence-electron chi connectivity index (χ1n) is 32.4. The highest BCUT2D eigenvalue weighted by molar-refractivity contribution is 5.76. The van der Waals surface area contributed by atoms with Gasteiger partial charge in [0.05, 0.1) is 25.4 Å². The maximum absolute atomic E-state index is 13.1. The molecule has 1 saturated heterocycles. The van der Waals surface area contributed by atoms with Gasteiger partial charge in [0, 0.05) is 6.42 Å². The number of aliphatic hydroxyl groups excluding tert-OH is 5. The lowest BCUT2D eigenvalue weighted by molar-refractivity contribution is -0.302. The zero-order chi connectivity index (χ0) is 54.3. The third kappa shape index (κ3) is 44.7. The highest BCUT2D eigenvalue weighted by Gasteiger charge is 2.44. The van der Waals surface area contributed by atoms with Gasteiger partial charge < -0.3 is 40.3 Å². The first kappa shape index (κ1) is 71.2. The first-order valence-corrected chi connectivity index (χ1v) is 32.4. The fourth-order valence-corrected chi connectivity index (χ4v) is 10.3. The number of nitrogens with one attached hydrogen (secondary N) is 1. The third-order valence-electron chi connectivity index (χ3n) is 15.4. The van der Waals surface area contributed by atoms with E-state index in [9.17, 15) is 30.3 Å². The van der Waals surface area contributed by atoms with E-state index in [2.05, 4.69) is 55.6 Å². The predicted octanol–water partition coefficient (Wildman–Crippen LogP) is 16.9. The molecule has 1 amide bonds. The van der Waals surface area contributed by atoms with Gasteiger partial charge in [0.15, 0.2) is 6.29 Å². The highest BCUT2D eigenvalue weighted by atomic mass is 16.7. The van der Waals surface area contributed by atoms with Crippen LogP contribution in [0.3, 0.4) is 0 Å². The van der Waals surface area contributed by atoms with Crippen molar-refractivity contribution in [2.45, 2.75) is 352 Å². The van der Waals surface area contributed by atoms with Crippen molar-refractivity contribution < 1.29 is 39.8 Å². The molecule has 1 aliphatic heterocycles. The summed E-state index contributed by atoms with van der Waals surface area (Å²) in [6, 6.07) is -0.826. The molecule has 9 nitrogen and oxygen atoms in total. The summed E-state index contributed by atoms with van der Waals surface area (Å²) in [5, 5.41) is 54.6. The molecule has 6 N–H and O–H groups in total. The van der Waals surface area contributed by atoms with Crippen molar-refractivity contribution in [3.8, 4) is 0 Å². The van der Waals surface area contributed by atoms with Crippen molar-refractivity contribution >= 4 is 5.91 Å². The summed E-state index contributed by atoms with van der Waals surface area (Å²) in [5.41, 5.74) is 0. The van der Waals surface area contributed by atoms with Crippen LogP contribution in [-0.4, -0.2) is 87.5 Å². The Labute approximate surface area is 463 Å². The van der Waals surface area contributed by atoms with Crippen molar-refractivity contribution in [2.75, 3.05) is 13.2 Å². The Balaban J connectivity index is 2.16. The molecule has 0 aromatic rings. The number of amides is 1. The summed E-state index contributed by atoms with van der Waals surface area (Å²) in [4.78, 5) is 13.1. The molecule has 1 fully saturated rings. The minimum absolute atomic E-state index is 0.189. The molecule has 0 aromatic carbocycles. The predicted molar refractivity (Wildman–Crippen MR) is 318 cm³/mol. The van der Waals surface area contributed by atoms with Gasteiger partial charge in [-0.2, -0.15) is 0 Å². The maximum atomic E-state index is 13.1. The Morgan fingerprint density at radius 3 is 1.23 bits per heavy atom. The van der Waals surface area contributed by atoms with Crippen molar-refractivity contribution in [1.82, 2.24) is 5.32 Å². The normalized spacial score (nSPS) is 19.2. The quantitative estimate of drug-likeness (QED) is 0.0261. The molecule has 0 saturated carbocycles. The van der Waals surface area contributed by atoms with E-state index in [1.54, 1.807) is 6.08 Å². The van der Waals surface area contributed by atoms with Gasteiger partial charge in [-0.05, 0) is 64.2 Å². The van der Waals surface area contributed by atoms with Crippen molar-refractivity contribution in [2.24, 2.45) is 0 Å². The van der Waals surface area contributed by atoms with Gasteiger partial charge in [-0.25, -0.2) is 0 Å². The standard InChI is InChI=1S/C66H123NO8/c1-3-5-7-9-11-13-15-17-19-21-23-24-25-26-27-28-29-30-31-32-33-34-35-36-38-39-41-43-45-47-49-51-53-55-60(69)59(58-74-66-65(73)64(72)63(71)61(57-68)75-66)67-62(70)56-54-52-50-48-46-44-42-40-37-22-20-18-16-14-12-10-8-6-4-2/h12,14,18,20,45,47,53,55,59-61,63-66,68-69,71-73H,3-11,13,15-17,19,21-44,46,48-52,54,56-58H2,1-2H3,(H,67,70)/b14-12-,20-18-,47-45+,55-53+. The van der Waals surface area contributed by atoms with Crippen LogP contribution < -0.4 is 5.32 Å². The topological polar surface area (TPSA) is 149 Å². The monoisotopic (exact) mass is 1060 g/mol. The number of carbonyl (C=O) groups is 1. The molecule has 1 rings (SSSR count). The minimum atomic E-state index is -1.57. The van der Waals surface area contributed by atoms with Crippen LogP contribution >= 0.6 is 0 Å². The molecule has 1 heterocycles. The zero-order valence-electron chi connectivity index (χ0n) is 49.1. The van der Waals surface area contributed by atoms with Gasteiger partial charge in [0.25, 0.3) is 0 Å². The second-order valence-corrected chi connectivity index (χ2v) is 22.5. The van der Waals surface area contributed by atoms with Crippen LogP contribution in [0.5, 0.6) is 0 Å². The van der Waals surface area contributed by atoms with Gasteiger partial charge >= 0.3 is 0 Å². The van der Waals surface area contributed by atoms with Crippen LogP contribution in [0.15, 0.2) is 48.6 Å². The summed E-state index contributed by atoms with van der Waals surface area (Å²) in [5.74, 6) is -0.189. The Hall–Kier alpha value is -1.85. The number of ether oxygens (including phenoxy) is 2. The average Bonchev–Trinajstić information content (AvgIpc) is 3.41. The van der Waals surface area contributed by atoms with Gasteiger partial charge in [-0.1, -0.05) is 287 Å². The number of unbranched alkanes of at least 4 members (excludes halogenated alkanes) is 40. The SMILES string of the molecule is CCCCC/C=C\C/C=C\CCCCCCCCCCCC(=O)NC(COC1OC(CO)C(O)C(O)C1O)C(O)/C=C/CC/C=C/CCCCCCCCCCCCCCCCCCCCCCCCCCCCC. The van der Waals surface area contributed by atoms with Crippen LogP contribution in [0.2, 0.25) is 0 Å². The summed E-state index contributed by atoms with van der Waals surface area (Å²) in [6.45, 7) is 3.77. The second-order valence-electron chi connectivity index (χ2n) is 22.5. The largest absolute Gasteiger partial charge is 0.394 e. The molecule has 9 heteroatoms.